The maximum atomic E-state index is 11.2. The second-order valence-electron chi connectivity index (χ2n) is 4.00. The normalized spacial score (nSPS) is 27.2. The number of allylic oxidation sites excluding steroid dienone is 1. The summed E-state index contributed by atoms with van der Waals surface area (Å²) >= 11 is 0. The van der Waals surface area contributed by atoms with Crippen molar-refractivity contribution in [2.24, 2.45) is 5.92 Å². The first-order valence-electron chi connectivity index (χ1n) is 4.53. The number of carbonyl (C=O) groups excluding carboxylic acids is 1. The lowest BCUT2D eigenvalue weighted by Gasteiger charge is -2.32. The van der Waals surface area contributed by atoms with E-state index in [0.29, 0.717) is 6.04 Å². The van der Waals surface area contributed by atoms with Crippen LogP contribution in [0, 0.1) is 5.92 Å². The zero-order valence-corrected chi connectivity index (χ0v) is 8.05. The molecule has 12 heavy (non-hydrogen) atoms. The molecule has 0 aliphatic heterocycles. The Balaban J connectivity index is 2.24. The Morgan fingerprint density at radius 2 is 2.00 bits per heavy atom. The van der Waals surface area contributed by atoms with Crippen molar-refractivity contribution >= 4 is 5.91 Å². The highest BCUT2D eigenvalue weighted by Gasteiger charge is 2.25. The summed E-state index contributed by atoms with van der Waals surface area (Å²) in [5.74, 6) is 0.855. The van der Waals surface area contributed by atoms with Gasteiger partial charge in [0.25, 0.3) is 0 Å². The van der Waals surface area contributed by atoms with Crippen LogP contribution in [0.2, 0.25) is 0 Å². The molecule has 0 unspecified atom stereocenters. The fourth-order valence-electron chi connectivity index (χ4n) is 1.53. The van der Waals surface area contributed by atoms with Crippen LogP contribution in [0.5, 0.6) is 0 Å². The van der Waals surface area contributed by atoms with Gasteiger partial charge in [0.1, 0.15) is 0 Å². The number of nitrogens with one attached hydrogen (secondary N) is 1. The van der Waals surface area contributed by atoms with Crippen LogP contribution < -0.4 is 5.32 Å². The average molecular weight is 167 g/mol. The minimum absolute atomic E-state index is 0.0619. The van der Waals surface area contributed by atoms with Gasteiger partial charge >= 0.3 is 0 Å². The van der Waals surface area contributed by atoms with Crippen LogP contribution in [-0.2, 0) is 4.79 Å². The molecule has 2 heteroatoms. The van der Waals surface area contributed by atoms with Gasteiger partial charge in [0.15, 0.2) is 0 Å². The number of carbonyl (C=O) groups is 1. The monoisotopic (exact) mass is 167 g/mol. The number of hydrogen-bond acceptors (Lipinski definition) is 1. The van der Waals surface area contributed by atoms with E-state index in [0.717, 1.165) is 24.3 Å². The van der Waals surface area contributed by atoms with E-state index in [2.05, 4.69) is 12.2 Å². The predicted octanol–water partition coefficient (Wildman–Crippen LogP) is 1.87. The molecule has 1 fully saturated rings. The molecule has 1 amide bonds. The summed E-state index contributed by atoms with van der Waals surface area (Å²) in [7, 11) is 0. The molecule has 0 atom stereocenters. The molecular weight excluding hydrogens is 150 g/mol. The van der Waals surface area contributed by atoms with E-state index in [1.807, 2.05) is 13.8 Å². The molecule has 68 valence electrons. The van der Waals surface area contributed by atoms with Crippen molar-refractivity contribution in [2.45, 2.75) is 39.7 Å². The second kappa shape index (κ2) is 3.74. The molecular formula is C10H17NO. The van der Waals surface area contributed by atoms with Gasteiger partial charge in [0, 0.05) is 12.1 Å². The van der Waals surface area contributed by atoms with Crippen molar-refractivity contribution in [2.75, 3.05) is 0 Å². The van der Waals surface area contributed by atoms with Crippen LogP contribution >= 0.6 is 0 Å². The number of hydrogen-bond donors (Lipinski definition) is 1. The molecule has 1 saturated carbocycles. The summed E-state index contributed by atoms with van der Waals surface area (Å²) in [4.78, 5) is 11.2. The first kappa shape index (κ1) is 9.30. The van der Waals surface area contributed by atoms with Gasteiger partial charge in [-0.25, -0.2) is 0 Å². The molecule has 0 bridgehead atoms. The molecule has 0 aromatic heterocycles. The quantitative estimate of drug-likeness (QED) is 0.625. The van der Waals surface area contributed by atoms with Crippen LogP contribution in [0.15, 0.2) is 11.6 Å². The lowest BCUT2D eigenvalue weighted by molar-refractivity contribution is -0.118. The fraction of sp³-hybridized carbons (Fsp3) is 0.700. The van der Waals surface area contributed by atoms with Gasteiger partial charge in [-0.2, -0.15) is 0 Å². The molecule has 0 saturated heterocycles. The molecule has 1 aliphatic rings. The van der Waals surface area contributed by atoms with Gasteiger partial charge in [-0.3, -0.25) is 4.79 Å². The summed E-state index contributed by atoms with van der Waals surface area (Å²) in [6.07, 6.45) is 3.94. The summed E-state index contributed by atoms with van der Waals surface area (Å²) in [6.45, 7) is 6.08. The Bertz CT molecular complexity index is 198. The molecule has 0 aromatic carbocycles. The standard InChI is InChI=1S/C10H17NO/c1-7(2)4-10(12)11-9-5-8(3)6-9/h4,8-9H,5-6H2,1-3H3,(H,11,12). The maximum Gasteiger partial charge on any atom is 0.244 e. The van der Waals surface area contributed by atoms with Gasteiger partial charge in [-0.1, -0.05) is 12.5 Å². The Hall–Kier alpha value is -0.790. The first-order valence-corrected chi connectivity index (χ1v) is 4.53. The molecule has 1 N–H and O–H groups in total. The third-order valence-corrected chi connectivity index (χ3v) is 2.14. The maximum absolute atomic E-state index is 11.2. The summed E-state index contributed by atoms with van der Waals surface area (Å²) in [5.41, 5.74) is 1.06. The predicted molar refractivity (Wildman–Crippen MR) is 49.8 cm³/mol. The molecule has 0 spiro atoms. The summed E-state index contributed by atoms with van der Waals surface area (Å²) < 4.78 is 0. The molecule has 0 aromatic rings. The van der Waals surface area contributed by atoms with Gasteiger partial charge in [-0.15, -0.1) is 0 Å². The number of amides is 1. The Morgan fingerprint density at radius 3 is 2.42 bits per heavy atom. The van der Waals surface area contributed by atoms with Crippen molar-refractivity contribution in [3.8, 4) is 0 Å². The highest BCUT2D eigenvalue weighted by atomic mass is 16.1. The molecule has 1 aliphatic carbocycles. The van der Waals surface area contributed by atoms with Crippen molar-refractivity contribution in [1.82, 2.24) is 5.32 Å². The Morgan fingerprint density at radius 1 is 1.42 bits per heavy atom. The smallest absolute Gasteiger partial charge is 0.244 e. The van der Waals surface area contributed by atoms with E-state index in [1.54, 1.807) is 6.08 Å². The van der Waals surface area contributed by atoms with E-state index >= 15 is 0 Å². The largest absolute Gasteiger partial charge is 0.350 e. The zero-order valence-electron chi connectivity index (χ0n) is 8.05. The van der Waals surface area contributed by atoms with E-state index in [1.165, 1.54) is 0 Å². The molecule has 0 heterocycles. The zero-order chi connectivity index (χ0) is 9.14. The van der Waals surface area contributed by atoms with Crippen LogP contribution in [0.4, 0.5) is 0 Å². The minimum atomic E-state index is 0.0619. The van der Waals surface area contributed by atoms with Gasteiger partial charge in [0.2, 0.25) is 5.91 Å². The Kier molecular flexibility index (Phi) is 2.90. The van der Waals surface area contributed by atoms with E-state index in [9.17, 15) is 4.79 Å². The van der Waals surface area contributed by atoms with Crippen LogP contribution in [-0.4, -0.2) is 11.9 Å². The highest BCUT2D eigenvalue weighted by molar-refractivity contribution is 5.88. The van der Waals surface area contributed by atoms with E-state index < -0.39 is 0 Å². The van der Waals surface area contributed by atoms with Crippen LogP contribution in [0.25, 0.3) is 0 Å². The first-order chi connectivity index (χ1) is 5.58. The van der Waals surface area contributed by atoms with E-state index in [-0.39, 0.29) is 5.91 Å². The van der Waals surface area contributed by atoms with Crippen molar-refractivity contribution in [1.29, 1.82) is 0 Å². The van der Waals surface area contributed by atoms with Gasteiger partial charge in [0.05, 0.1) is 0 Å². The lowest BCUT2D eigenvalue weighted by atomic mass is 9.82. The lowest BCUT2D eigenvalue weighted by Crippen LogP contribution is -2.42. The topological polar surface area (TPSA) is 29.1 Å². The minimum Gasteiger partial charge on any atom is -0.350 e. The van der Waals surface area contributed by atoms with Gasteiger partial charge in [-0.05, 0) is 32.6 Å². The highest BCUT2D eigenvalue weighted by Crippen LogP contribution is 2.26. The second-order valence-corrected chi connectivity index (χ2v) is 4.00. The molecule has 1 rings (SSSR count). The number of rotatable bonds is 2. The molecule has 2 nitrogen and oxygen atoms in total. The summed E-state index contributed by atoms with van der Waals surface area (Å²) in [6, 6.07) is 0.433. The van der Waals surface area contributed by atoms with Crippen LogP contribution in [0.1, 0.15) is 33.6 Å². The summed E-state index contributed by atoms with van der Waals surface area (Å²) in [5, 5.41) is 2.96. The SMILES string of the molecule is CC(C)=CC(=O)NC1CC(C)C1. The average Bonchev–Trinajstić information content (AvgIpc) is 1.82. The fourth-order valence-corrected chi connectivity index (χ4v) is 1.53. The van der Waals surface area contributed by atoms with Crippen LogP contribution in [0.3, 0.4) is 0 Å². The van der Waals surface area contributed by atoms with Gasteiger partial charge < -0.3 is 5.32 Å². The third kappa shape index (κ3) is 2.68. The van der Waals surface area contributed by atoms with Crippen molar-refractivity contribution in [3.05, 3.63) is 11.6 Å². The third-order valence-electron chi connectivity index (χ3n) is 2.14. The Labute approximate surface area is 74.0 Å². The van der Waals surface area contributed by atoms with Crippen molar-refractivity contribution < 1.29 is 4.79 Å². The van der Waals surface area contributed by atoms with Crippen molar-refractivity contribution in [3.63, 3.8) is 0 Å². The molecule has 0 radical (unpaired) electrons. The van der Waals surface area contributed by atoms with E-state index in [4.69, 9.17) is 0 Å².